The molecule has 1 N–H and O–H groups in total. The van der Waals surface area contributed by atoms with Gasteiger partial charge in [0.1, 0.15) is 0 Å². The summed E-state index contributed by atoms with van der Waals surface area (Å²) in [5.74, 6) is 2.68. The molecule has 5 atom stereocenters. The summed E-state index contributed by atoms with van der Waals surface area (Å²) in [6.07, 6.45) is 16.2. The van der Waals surface area contributed by atoms with Gasteiger partial charge in [-0.15, -0.1) is 0 Å². The van der Waals surface area contributed by atoms with Crippen LogP contribution in [0.2, 0.25) is 0 Å². The van der Waals surface area contributed by atoms with Crippen molar-refractivity contribution in [2.75, 3.05) is 6.61 Å². The summed E-state index contributed by atoms with van der Waals surface area (Å²) >= 11 is 0. The normalized spacial score (nSPS) is 50.9. The molecule has 0 aromatic carbocycles. The predicted octanol–water partition coefficient (Wildman–Crippen LogP) is 4.70. The fourth-order valence-electron chi connectivity index (χ4n) is 6.82. The molecule has 1 heteroatoms. The summed E-state index contributed by atoms with van der Waals surface area (Å²) in [6.45, 7) is 2.99. The van der Waals surface area contributed by atoms with Crippen molar-refractivity contribution in [1.82, 2.24) is 0 Å². The Morgan fingerprint density at radius 2 is 2.00 bits per heavy atom. The van der Waals surface area contributed by atoms with Gasteiger partial charge in [-0.3, -0.25) is 0 Å². The molecule has 3 saturated carbocycles. The fraction of sp³-hybridized carbons (Fsp3) is 0.895. The van der Waals surface area contributed by atoms with Crippen molar-refractivity contribution >= 4 is 0 Å². The molecule has 0 aromatic rings. The molecule has 0 radical (unpaired) electrons. The first kappa shape index (κ1) is 13.4. The van der Waals surface area contributed by atoms with Gasteiger partial charge in [-0.05, 0) is 81.0 Å². The summed E-state index contributed by atoms with van der Waals surface area (Å²) in [6, 6.07) is 0. The molecule has 0 unspecified atom stereocenters. The number of allylic oxidation sites excluding steroid dienone is 1. The molecule has 0 bridgehead atoms. The van der Waals surface area contributed by atoms with Crippen LogP contribution in [0, 0.1) is 28.6 Å². The van der Waals surface area contributed by atoms with Crippen molar-refractivity contribution in [3.63, 3.8) is 0 Å². The zero-order valence-electron chi connectivity index (χ0n) is 13.0. The van der Waals surface area contributed by atoms with E-state index in [0.29, 0.717) is 12.0 Å². The number of aliphatic hydroxyl groups excluding tert-OH is 1. The molecule has 1 nitrogen and oxygen atoms in total. The molecule has 0 heterocycles. The van der Waals surface area contributed by atoms with E-state index in [1.807, 2.05) is 0 Å². The van der Waals surface area contributed by atoms with E-state index in [4.69, 9.17) is 0 Å². The molecular formula is C19H30O. The van der Waals surface area contributed by atoms with E-state index in [-0.39, 0.29) is 5.41 Å². The Balaban J connectivity index is 1.71. The average molecular weight is 274 g/mol. The van der Waals surface area contributed by atoms with Gasteiger partial charge in [-0.1, -0.05) is 25.0 Å². The highest BCUT2D eigenvalue weighted by molar-refractivity contribution is 5.24. The SMILES string of the molecule is C[C@@]12CCC[C@H]1[C@@H]1CCC3=CCCC[C@]3(CO)[C@@H]1CC2. The second-order valence-electron chi connectivity index (χ2n) is 8.44. The van der Waals surface area contributed by atoms with E-state index in [1.165, 1.54) is 64.2 Å². The van der Waals surface area contributed by atoms with Crippen LogP contribution >= 0.6 is 0 Å². The lowest BCUT2D eigenvalue weighted by molar-refractivity contribution is -0.0638. The van der Waals surface area contributed by atoms with Gasteiger partial charge < -0.3 is 5.11 Å². The highest BCUT2D eigenvalue weighted by Crippen LogP contribution is 2.65. The molecule has 0 amide bonds. The minimum Gasteiger partial charge on any atom is -0.395 e. The second-order valence-corrected chi connectivity index (χ2v) is 8.44. The first-order chi connectivity index (χ1) is 9.70. The summed E-state index contributed by atoms with van der Waals surface area (Å²) in [7, 11) is 0. The number of rotatable bonds is 1. The summed E-state index contributed by atoms with van der Waals surface area (Å²) < 4.78 is 0. The molecular weight excluding hydrogens is 244 g/mol. The van der Waals surface area contributed by atoms with Crippen LogP contribution in [0.5, 0.6) is 0 Å². The largest absolute Gasteiger partial charge is 0.395 e. The van der Waals surface area contributed by atoms with Crippen molar-refractivity contribution in [2.45, 2.75) is 71.1 Å². The van der Waals surface area contributed by atoms with Gasteiger partial charge in [-0.25, -0.2) is 0 Å². The number of hydrogen-bond donors (Lipinski definition) is 1. The van der Waals surface area contributed by atoms with Gasteiger partial charge in [0.2, 0.25) is 0 Å². The zero-order valence-corrected chi connectivity index (χ0v) is 13.0. The lowest BCUT2D eigenvalue weighted by Crippen LogP contribution is -2.51. The molecule has 4 aliphatic rings. The third-order valence-electron chi connectivity index (χ3n) is 7.81. The van der Waals surface area contributed by atoms with E-state index >= 15 is 0 Å². The summed E-state index contributed by atoms with van der Waals surface area (Å²) in [4.78, 5) is 0. The van der Waals surface area contributed by atoms with Crippen LogP contribution in [0.4, 0.5) is 0 Å². The fourth-order valence-corrected chi connectivity index (χ4v) is 6.82. The topological polar surface area (TPSA) is 20.2 Å². The molecule has 3 fully saturated rings. The minimum absolute atomic E-state index is 0.199. The average Bonchev–Trinajstić information content (AvgIpc) is 2.88. The van der Waals surface area contributed by atoms with Crippen LogP contribution in [-0.4, -0.2) is 11.7 Å². The molecule has 0 saturated heterocycles. The van der Waals surface area contributed by atoms with Crippen molar-refractivity contribution in [1.29, 1.82) is 0 Å². The van der Waals surface area contributed by atoms with Gasteiger partial charge in [0.05, 0.1) is 6.61 Å². The van der Waals surface area contributed by atoms with E-state index in [9.17, 15) is 5.11 Å². The zero-order chi connectivity index (χ0) is 13.8. The van der Waals surface area contributed by atoms with E-state index in [0.717, 1.165) is 17.8 Å². The Bertz CT molecular complexity index is 425. The van der Waals surface area contributed by atoms with Crippen molar-refractivity contribution < 1.29 is 5.11 Å². The van der Waals surface area contributed by atoms with E-state index in [1.54, 1.807) is 5.57 Å². The maximum Gasteiger partial charge on any atom is 0.0527 e. The molecule has 0 spiro atoms. The maximum atomic E-state index is 10.3. The highest BCUT2D eigenvalue weighted by atomic mass is 16.3. The maximum absolute atomic E-state index is 10.3. The quantitative estimate of drug-likeness (QED) is 0.687. The molecule has 4 aliphatic carbocycles. The Morgan fingerprint density at radius 3 is 2.85 bits per heavy atom. The number of aliphatic hydroxyl groups is 1. The van der Waals surface area contributed by atoms with Crippen molar-refractivity contribution in [2.24, 2.45) is 28.6 Å². The van der Waals surface area contributed by atoms with Crippen molar-refractivity contribution in [3.05, 3.63) is 11.6 Å². The monoisotopic (exact) mass is 274 g/mol. The van der Waals surface area contributed by atoms with Gasteiger partial charge in [-0.2, -0.15) is 0 Å². The van der Waals surface area contributed by atoms with Crippen LogP contribution in [0.15, 0.2) is 11.6 Å². The Kier molecular flexibility index (Phi) is 3.07. The third-order valence-corrected chi connectivity index (χ3v) is 7.81. The second kappa shape index (κ2) is 4.60. The lowest BCUT2D eigenvalue weighted by Gasteiger charge is -2.58. The Labute approximate surface area is 123 Å². The van der Waals surface area contributed by atoms with Crippen LogP contribution in [0.1, 0.15) is 71.1 Å². The lowest BCUT2D eigenvalue weighted by atomic mass is 9.47. The summed E-state index contributed by atoms with van der Waals surface area (Å²) in [5, 5.41) is 10.3. The van der Waals surface area contributed by atoms with Crippen LogP contribution in [-0.2, 0) is 0 Å². The first-order valence-corrected chi connectivity index (χ1v) is 9.00. The van der Waals surface area contributed by atoms with Gasteiger partial charge >= 0.3 is 0 Å². The van der Waals surface area contributed by atoms with Crippen LogP contribution in [0.25, 0.3) is 0 Å². The van der Waals surface area contributed by atoms with Crippen LogP contribution < -0.4 is 0 Å². The third kappa shape index (κ3) is 1.65. The Hall–Kier alpha value is -0.300. The summed E-state index contributed by atoms with van der Waals surface area (Å²) in [5.41, 5.74) is 2.49. The molecule has 0 aliphatic heterocycles. The molecule has 112 valence electrons. The number of fused-ring (bicyclic) bond motifs is 5. The molecule has 4 rings (SSSR count). The van der Waals surface area contributed by atoms with Crippen molar-refractivity contribution in [3.8, 4) is 0 Å². The van der Waals surface area contributed by atoms with Gasteiger partial charge in [0.25, 0.3) is 0 Å². The Morgan fingerprint density at radius 1 is 1.10 bits per heavy atom. The standard InChI is InChI=1S/C19H30O/c1-18-10-4-6-16(18)15-8-7-14-5-2-3-11-19(14,13-20)17(15)9-12-18/h5,15-17,20H,2-4,6-13H2,1H3/t15-,16-,17+,18-,19+/m0/s1. The van der Waals surface area contributed by atoms with E-state index < -0.39 is 0 Å². The highest BCUT2D eigenvalue weighted by Gasteiger charge is 2.56. The first-order valence-electron chi connectivity index (χ1n) is 9.00. The van der Waals surface area contributed by atoms with Gasteiger partial charge in [0.15, 0.2) is 0 Å². The predicted molar refractivity (Wildman–Crippen MR) is 82.3 cm³/mol. The number of hydrogen-bond acceptors (Lipinski definition) is 1. The minimum atomic E-state index is 0.199. The van der Waals surface area contributed by atoms with Gasteiger partial charge in [0, 0.05) is 5.41 Å². The molecule has 0 aromatic heterocycles. The smallest absolute Gasteiger partial charge is 0.0527 e. The van der Waals surface area contributed by atoms with E-state index in [2.05, 4.69) is 13.0 Å². The van der Waals surface area contributed by atoms with Crippen LogP contribution in [0.3, 0.4) is 0 Å². The molecule has 20 heavy (non-hydrogen) atoms.